The molecule has 2 aromatic carbocycles. The Kier molecular flexibility index (Phi) is 7.27. The predicted molar refractivity (Wildman–Crippen MR) is 157 cm³/mol. The summed E-state index contributed by atoms with van der Waals surface area (Å²) in [5.74, 6) is -0.353. The number of fused-ring (bicyclic) bond motifs is 1. The number of nitrogen functional groups attached to an aromatic ring is 1. The lowest BCUT2D eigenvalue weighted by atomic mass is 10.0. The van der Waals surface area contributed by atoms with Crippen molar-refractivity contribution in [2.45, 2.75) is 6.54 Å². The van der Waals surface area contributed by atoms with E-state index in [-0.39, 0.29) is 18.0 Å². The van der Waals surface area contributed by atoms with Crippen LogP contribution in [0.25, 0.3) is 43.7 Å². The molecular formula is C29H21FN6O6S. The summed E-state index contributed by atoms with van der Waals surface area (Å²) in [4.78, 5) is 42.5. The molecule has 216 valence electrons. The number of benzene rings is 2. The van der Waals surface area contributed by atoms with Crippen molar-refractivity contribution in [2.24, 2.45) is 0 Å². The number of halogens is 1. The molecule has 0 atom stereocenters. The van der Waals surface area contributed by atoms with Crippen LogP contribution in [0.4, 0.5) is 10.2 Å². The molecule has 0 aliphatic rings. The van der Waals surface area contributed by atoms with Crippen molar-refractivity contribution >= 4 is 27.2 Å². The minimum Gasteiger partial charge on any atom is -0.394 e. The number of hydrogen-bond acceptors (Lipinski definition) is 10. The smallest absolute Gasteiger partial charge is 0.394 e. The predicted octanol–water partition coefficient (Wildman–Crippen LogP) is 3.51. The van der Waals surface area contributed by atoms with Gasteiger partial charge in [-0.3, -0.25) is 4.68 Å². The summed E-state index contributed by atoms with van der Waals surface area (Å²) >= 11 is 1.47. The van der Waals surface area contributed by atoms with Crippen LogP contribution in [0.15, 0.2) is 108 Å². The summed E-state index contributed by atoms with van der Waals surface area (Å²) in [6.07, 6.45) is 5.19. The average Bonchev–Trinajstić information content (AvgIpc) is 3.67. The maximum absolute atomic E-state index is 13.9. The van der Waals surface area contributed by atoms with E-state index in [1.165, 1.54) is 35.6 Å². The van der Waals surface area contributed by atoms with Crippen molar-refractivity contribution in [3.8, 4) is 33.6 Å². The Morgan fingerprint density at radius 1 is 0.884 bits per heavy atom. The Hall–Kier alpha value is -5.60. The summed E-state index contributed by atoms with van der Waals surface area (Å²) in [7, 11) is 0. The van der Waals surface area contributed by atoms with Crippen molar-refractivity contribution in [3.63, 3.8) is 0 Å². The van der Waals surface area contributed by atoms with E-state index < -0.39 is 22.8 Å². The van der Waals surface area contributed by atoms with Gasteiger partial charge < -0.3 is 19.9 Å². The van der Waals surface area contributed by atoms with Gasteiger partial charge in [0.25, 0.3) is 0 Å². The number of nitrogens with zero attached hydrogens (tertiary/aromatic N) is 5. The molecule has 0 bridgehead atoms. The highest BCUT2D eigenvalue weighted by Crippen LogP contribution is 2.41. The molecule has 12 nitrogen and oxygen atoms in total. The molecule has 0 aliphatic heterocycles. The number of rotatable bonds is 6. The lowest BCUT2D eigenvalue weighted by molar-refractivity contribution is 0.243. The molecule has 0 fully saturated rings. The van der Waals surface area contributed by atoms with Crippen molar-refractivity contribution in [2.75, 3.05) is 12.3 Å². The van der Waals surface area contributed by atoms with Gasteiger partial charge in [-0.2, -0.15) is 5.10 Å². The third kappa shape index (κ3) is 5.39. The molecule has 4 aromatic heterocycles. The van der Waals surface area contributed by atoms with E-state index in [0.29, 0.717) is 21.8 Å². The zero-order chi connectivity index (χ0) is 30.1. The Morgan fingerprint density at radius 3 is 2.30 bits per heavy atom. The van der Waals surface area contributed by atoms with E-state index in [4.69, 9.17) is 14.8 Å². The molecular weight excluding hydrogens is 579 g/mol. The standard InChI is InChI=1S/C29H21FN6O6S/c30-19-2-1-3-21(12-19)36-29(40)35(41-24(38)8-9-25(39)42-36)20-6-4-17(5-7-20)23-16-43-27-22(14-32-28(31)26(23)27)18-13-33-34(15-18)10-11-37/h1-9,12-16,37H,10-11H2,(H2,31,32). The molecule has 0 radical (unpaired) electrons. The quantitative estimate of drug-likeness (QED) is 0.291. The summed E-state index contributed by atoms with van der Waals surface area (Å²) in [6.45, 7) is 0.323. The SMILES string of the molecule is Nc1ncc(-c2cnn(CCO)c2)c2scc(-c3ccc(-n4oc(=O)ccc(=O)on(-c5cccc(F)c5)c4=O)cc3)c12. The van der Waals surface area contributed by atoms with Gasteiger partial charge in [0, 0.05) is 57.4 Å². The fourth-order valence-corrected chi connectivity index (χ4v) is 5.58. The molecule has 0 amide bonds. The van der Waals surface area contributed by atoms with Gasteiger partial charge in [0.2, 0.25) is 0 Å². The number of pyridine rings is 1. The number of aromatic nitrogens is 5. The number of aliphatic hydroxyl groups is 1. The van der Waals surface area contributed by atoms with Gasteiger partial charge in [-0.1, -0.05) is 18.2 Å². The first-order chi connectivity index (χ1) is 20.8. The molecule has 3 N–H and O–H groups in total. The lowest BCUT2D eigenvalue weighted by Crippen LogP contribution is -2.28. The fourth-order valence-electron chi connectivity index (χ4n) is 4.46. The number of nitrogens with two attached hydrogens (primary N) is 1. The van der Waals surface area contributed by atoms with E-state index in [0.717, 1.165) is 56.6 Å². The molecule has 0 unspecified atom stereocenters. The van der Waals surface area contributed by atoms with Gasteiger partial charge in [-0.25, -0.2) is 23.8 Å². The molecule has 0 spiro atoms. The minimum atomic E-state index is -1.08. The zero-order valence-electron chi connectivity index (χ0n) is 22.1. The van der Waals surface area contributed by atoms with E-state index in [1.807, 2.05) is 11.6 Å². The van der Waals surface area contributed by atoms with Crippen LogP contribution >= 0.6 is 11.3 Å². The van der Waals surface area contributed by atoms with E-state index in [1.54, 1.807) is 29.2 Å². The first kappa shape index (κ1) is 27.6. The van der Waals surface area contributed by atoms with Gasteiger partial charge in [0.15, 0.2) is 0 Å². The van der Waals surface area contributed by atoms with Gasteiger partial charge in [-0.05, 0) is 35.2 Å². The summed E-state index contributed by atoms with van der Waals surface area (Å²) in [6, 6.07) is 12.9. The van der Waals surface area contributed by atoms with Crippen LogP contribution in [0.2, 0.25) is 0 Å². The normalized spacial score (nSPS) is 11.1. The molecule has 0 saturated heterocycles. The molecule has 0 aliphatic carbocycles. The van der Waals surface area contributed by atoms with Crippen LogP contribution in [0.1, 0.15) is 0 Å². The summed E-state index contributed by atoms with van der Waals surface area (Å²) < 4.78 is 28.0. The maximum Gasteiger partial charge on any atom is 0.396 e. The number of thiophene rings is 1. The second-order valence-corrected chi connectivity index (χ2v) is 10.1. The lowest BCUT2D eigenvalue weighted by Gasteiger charge is -2.07. The molecule has 4 heterocycles. The van der Waals surface area contributed by atoms with Crippen LogP contribution in [0.3, 0.4) is 0 Å². The fraction of sp³-hybridized carbons (Fsp3) is 0.0690. The highest BCUT2D eigenvalue weighted by atomic mass is 32.1. The van der Waals surface area contributed by atoms with Gasteiger partial charge in [0.05, 0.1) is 30.7 Å². The van der Waals surface area contributed by atoms with Crippen molar-refractivity contribution in [3.05, 3.63) is 122 Å². The first-order valence-corrected chi connectivity index (χ1v) is 13.6. The van der Waals surface area contributed by atoms with Crippen molar-refractivity contribution in [1.29, 1.82) is 0 Å². The van der Waals surface area contributed by atoms with Crippen molar-refractivity contribution in [1.82, 2.24) is 24.2 Å². The second-order valence-electron chi connectivity index (χ2n) is 9.18. The molecule has 6 rings (SSSR count). The van der Waals surface area contributed by atoms with E-state index >= 15 is 0 Å². The first-order valence-electron chi connectivity index (χ1n) is 12.7. The van der Waals surface area contributed by atoms with E-state index in [2.05, 4.69) is 10.1 Å². The summed E-state index contributed by atoms with van der Waals surface area (Å²) in [5, 5.41) is 16.2. The topological polar surface area (TPSA) is 164 Å². The zero-order valence-corrected chi connectivity index (χ0v) is 22.9. The van der Waals surface area contributed by atoms with Crippen LogP contribution in [-0.4, -0.2) is 36.0 Å². The second kappa shape index (κ2) is 11.3. The molecule has 43 heavy (non-hydrogen) atoms. The minimum absolute atomic E-state index is 0.0391. The maximum atomic E-state index is 13.9. The van der Waals surface area contributed by atoms with Crippen LogP contribution in [-0.2, 0) is 6.54 Å². The van der Waals surface area contributed by atoms with Gasteiger partial charge in [-0.15, -0.1) is 20.8 Å². The van der Waals surface area contributed by atoms with Gasteiger partial charge >= 0.3 is 16.9 Å². The van der Waals surface area contributed by atoms with Crippen molar-refractivity contribution < 1.29 is 18.5 Å². The third-order valence-corrected chi connectivity index (χ3v) is 7.43. The highest BCUT2D eigenvalue weighted by Gasteiger charge is 2.17. The Morgan fingerprint density at radius 2 is 1.60 bits per heavy atom. The molecule has 6 aromatic rings. The van der Waals surface area contributed by atoms with E-state index in [9.17, 15) is 23.9 Å². The summed E-state index contributed by atoms with van der Waals surface area (Å²) in [5.41, 5.74) is 6.37. The number of anilines is 1. The molecule has 0 saturated carbocycles. The third-order valence-electron chi connectivity index (χ3n) is 6.42. The Bertz CT molecular complexity index is 2210. The largest absolute Gasteiger partial charge is 0.396 e. The Labute approximate surface area is 244 Å². The highest BCUT2D eigenvalue weighted by molar-refractivity contribution is 7.18. The van der Waals surface area contributed by atoms with Crippen LogP contribution in [0.5, 0.6) is 0 Å². The van der Waals surface area contributed by atoms with Gasteiger partial charge in [0.1, 0.15) is 11.6 Å². The monoisotopic (exact) mass is 600 g/mol. The average molecular weight is 601 g/mol. The van der Waals surface area contributed by atoms with Crippen LogP contribution in [0, 0.1) is 5.82 Å². The molecule has 14 heteroatoms. The number of aliphatic hydroxyl groups excluding tert-OH is 1. The number of hydrogen-bond donors (Lipinski definition) is 2. The Balaban J connectivity index is 1.47. The van der Waals surface area contributed by atoms with Crippen LogP contribution < -0.4 is 22.7 Å².